The van der Waals surface area contributed by atoms with E-state index in [0.29, 0.717) is 11.3 Å². The number of H-pyrrole nitrogens is 1. The van der Waals surface area contributed by atoms with Crippen molar-refractivity contribution in [3.8, 4) is 33.5 Å². The second-order valence-corrected chi connectivity index (χ2v) is 6.38. The Morgan fingerprint density at radius 3 is 1.90 bits per heavy atom. The van der Waals surface area contributed by atoms with Crippen molar-refractivity contribution in [1.29, 1.82) is 0 Å². The van der Waals surface area contributed by atoms with Gasteiger partial charge in [0.1, 0.15) is 5.56 Å². The molecule has 0 amide bonds. The Kier molecular flexibility index (Phi) is 4.83. The smallest absolute Gasteiger partial charge is 0.356 e. The van der Waals surface area contributed by atoms with Crippen LogP contribution in [0.3, 0.4) is 0 Å². The van der Waals surface area contributed by atoms with Gasteiger partial charge in [0.25, 0.3) is 0 Å². The average Bonchev–Trinajstić information content (AvgIpc) is 3.18. The lowest BCUT2D eigenvalue weighted by atomic mass is 9.97. The van der Waals surface area contributed by atoms with Crippen LogP contribution in [-0.4, -0.2) is 36.4 Å². The number of carbonyl (C=O) groups excluding carboxylic acids is 2. The summed E-state index contributed by atoms with van der Waals surface area (Å²) in [5.74, 6) is -1.34. The van der Waals surface area contributed by atoms with Gasteiger partial charge in [0.15, 0.2) is 5.69 Å². The molecule has 144 valence electrons. The van der Waals surface area contributed by atoms with E-state index in [2.05, 4.69) is 10.2 Å². The molecule has 1 aliphatic carbocycles. The molecule has 2 aromatic rings. The summed E-state index contributed by atoms with van der Waals surface area (Å²) in [5, 5.41) is 7.11. The number of hydrogen-bond acceptors (Lipinski definition) is 5. The third-order valence-electron chi connectivity index (χ3n) is 4.78. The fourth-order valence-corrected chi connectivity index (χ4v) is 3.45. The fourth-order valence-electron chi connectivity index (χ4n) is 3.45. The van der Waals surface area contributed by atoms with Crippen LogP contribution in [0.25, 0.3) is 33.5 Å². The van der Waals surface area contributed by atoms with Crippen molar-refractivity contribution >= 4 is 11.9 Å². The molecule has 0 fully saturated rings. The van der Waals surface area contributed by atoms with Crippen molar-refractivity contribution in [1.82, 2.24) is 10.2 Å². The molecule has 1 aliphatic heterocycles. The number of carbonyl (C=O) groups is 2. The lowest BCUT2D eigenvalue weighted by Crippen LogP contribution is -2.17. The highest BCUT2D eigenvalue weighted by Gasteiger charge is 2.31. The highest BCUT2D eigenvalue weighted by Crippen LogP contribution is 2.45. The van der Waals surface area contributed by atoms with E-state index in [1.807, 2.05) is 66.7 Å². The molecule has 0 spiro atoms. The van der Waals surface area contributed by atoms with Crippen LogP contribution in [-0.2, 0) is 9.47 Å². The van der Waals surface area contributed by atoms with Crippen LogP contribution in [0, 0.1) is 0 Å². The first-order valence-corrected chi connectivity index (χ1v) is 8.98. The summed E-state index contributed by atoms with van der Waals surface area (Å²) in [4.78, 5) is 25.0. The Morgan fingerprint density at radius 1 is 0.793 bits per heavy atom. The summed E-state index contributed by atoms with van der Waals surface area (Å²) in [5.41, 5.74) is 4.64. The van der Waals surface area contributed by atoms with Gasteiger partial charge in [-0.3, -0.25) is 5.10 Å². The van der Waals surface area contributed by atoms with E-state index in [1.54, 1.807) is 0 Å². The Morgan fingerprint density at radius 2 is 1.34 bits per heavy atom. The molecule has 0 atom stereocenters. The minimum absolute atomic E-state index is 0.0470. The highest BCUT2D eigenvalue weighted by molar-refractivity contribution is 6.11. The van der Waals surface area contributed by atoms with Crippen LogP contribution in [0.5, 0.6) is 0 Å². The zero-order chi connectivity index (χ0) is 20.4. The van der Waals surface area contributed by atoms with E-state index in [9.17, 15) is 9.59 Å². The maximum absolute atomic E-state index is 12.7. The molecule has 0 unspecified atom stereocenters. The van der Waals surface area contributed by atoms with Gasteiger partial charge in [-0.2, -0.15) is 5.10 Å². The number of methoxy groups -OCH3 is 2. The van der Waals surface area contributed by atoms with Crippen molar-refractivity contribution in [3.63, 3.8) is 0 Å². The molecule has 2 aliphatic rings. The molecule has 0 saturated carbocycles. The number of nitrogens with zero attached hydrogens (tertiary/aromatic N) is 1. The van der Waals surface area contributed by atoms with Gasteiger partial charge in [-0.15, -0.1) is 0 Å². The third kappa shape index (κ3) is 3.14. The summed E-state index contributed by atoms with van der Waals surface area (Å²) >= 11 is 0. The van der Waals surface area contributed by atoms with E-state index in [4.69, 9.17) is 9.47 Å². The van der Waals surface area contributed by atoms with Crippen molar-refractivity contribution in [2.24, 2.45) is 0 Å². The molecule has 1 heterocycles. The van der Waals surface area contributed by atoms with Gasteiger partial charge in [0, 0.05) is 11.1 Å². The number of esters is 2. The van der Waals surface area contributed by atoms with E-state index >= 15 is 0 Å². The van der Waals surface area contributed by atoms with E-state index < -0.39 is 11.9 Å². The molecule has 2 aromatic carbocycles. The topological polar surface area (TPSA) is 81.3 Å². The van der Waals surface area contributed by atoms with Gasteiger partial charge in [0.2, 0.25) is 0 Å². The van der Waals surface area contributed by atoms with Crippen LogP contribution < -0.4 is 0 Å². The molecule has 4 rings (SSSR count). The zero-order valence-electron chi connectivity index (χ0n) is 15.9. The minimum atomic E-state index is -0.693. The Labute approximate surface area is 167 Å². The Bertz CT molecular complexity index is 1150. The quantitative estimate of drug-likeness (QED) is 0.525. The third-order valence-corrected chi connectivity index (χ3v) is 4.78. The largest absolute Gasteiger partial charge is 0.465 e. The fraction of sp³-hybridized carbons (Fsp3) is 0.0870. The first-order chi connectivity index (χ1) is 14.2. The van der Waals surface area contributed by atoms with Gasteiger partial charge in [0.05, 0.1) is 19.9 Å². The molecule has 0 radical (unpaired) electrons. The molecular weight excluding hydrogens is 368 g/mol. The maximum atomic E-state index is 12.7. The zero-order valence-corrected chi connectivity index (χ0v) is 15.9. The second kappa shape index (κ2) is 7.59. The number of nitrogens with one attached hydrogen (secondary N) is 1. The first-order valence-electron chi connectivity index (χ1n) is 8.98. The van der Waals surface area contributed by atoms with Crippen molar-refractivity contribution in [2.45, 2.75) is 0 Å². The van der Waals surface area contributed by atoms with Gasteiger partial charge >= 0.3 is 11.9 Å². The van der Waals surface area contributed by atoms with E-state index in [-0.39, 0.29) is 11.3 Å². The monoisotopic (exact) mass is 386 g/mol. The number of aromatic nitrogens is 2. The number of benzene rings is 2. The van der Waals surface area contributed by atoms with Gasteiger partial charge < -0.3 is 9.47 Å². The van der Waals surface area contributed by atoms with Gasteiger partial charge in [-0.05, 0) is 22.8 Å². The van der Waals surface area contributed by atoms with Crippen molar-refractivity contribution in [3.05, 3.63) is 78.0 Å². The molecule has 29 heavy (non-hydrogen) atoms. The predicted molar refractivity (Wildman–Crippen MR) is 109 cm³/mol. The van der Waals surface area contributed by atoms with Crippen LogP contribution in [0.2, 0.25) is 0 Å². The van der Waals surface area contributed by atoms with Gasteiger partial charge in [-0.1, -0.05) is 60.7 Å². The maximum Gasteiger partial charge on any atom is 0.356 e. The molecule has 0 saturated heterocycles. The number of ether oxygens (including phenoxy) is 2. The number of fused-ring (bicyclic) bond motifs is 1. The molecule has 0 aromatic heterocycles. The van der Waals surface area contributed by atoms with E-state index in [0.717, 1.165) is 22.3 Å². The van der Waals surface area contributed by atoms with Crippen molar-refractivity contribution < 1.29 is 19.1 Å². The van der Waals surface area contributed by atoms with E-state index in [1.165, 1.54) is 14.2 Å². The van der Waals surface area contributed by atoms with Crippen LogP contribution in [0.15, 0.2) is 66.7 Å². The predicted octanol–water partition coefficient (Wildman–Crippen LogP) is 4.42. The minimum Gasteiger partial charge on any atom is -0.465 e. The number of aromatic amines is 1. The number of rotatable bonds is 4. The van der Waals surface area contributed by atoms with Crippen LogP contribution in [0.1, 0.15) is 20.8 Å². The number of hydrogen-bond donors (Lipinski definition) is 1. The van der Waals surface area contributed by atoms with Crippen molar-refractivity contribution in [2.75, 3.05) is 14.2 Å². The lowest BCUT2D eigenvalue weighted by molar-refractivity contribution is 0.0549. The summed E-state index contributed by atoms with van der Waals surface area (Å²) in [6, 6.07) is 21.3. The summed E-state index contributed by atoms with van der Waals surface area (Å²) in [6.45, 7) is 0. The normalized spacial score (nSPS) is 10.7. The molecule has 1 N–H and O–H groups in total. The molecule has 0 bridgehead atoms. The van der Waals surface area contributed by atoms with Crippen LogP contribution >= 0.6 is 0 Å². The molecular formula is C23H18N2O4. The molecule has 6 heteroatoms. The summed E-state index contributed by atoms with van der Waals surface area (Å²) in [6.07, 6.45) is 0. The van der Waals surface area contributed by atoms with Crippen LogP contribution in [0.4, 0.5) is 0 Å². The summed E-state index contributed by atoms with van der Waals surface area (Å²) < 4.78 is 9.83. The Balaban J connectivity index is 2.11. The molecule has 6 nitrogen and oxygen atoms in total. The summed E-state index contributed by atoms with van der Waals surface area (Å²) in [7, 11) is 2.53. The second-order valence-electron chi connectivity index (χ2n) is 6.38. The van der Waals surface area contributed by atoms with Gasteiger partial charge in [-0.25, -0.2) is 9.59 Å². The standard InChI is InChI=1S/C23H18N2O4/c1-28-22(26)19-18-16(14-9-5-3-6-10-14)13-17(15-11-7-4-8-12-15)20(18)24-25-21(19)23(27)29-2/h3-13,25H,1-2H3. The first kappa shape index (κ1) is 18.4. The highest BCUT2D eigenvalue weighted by atomic mass is 16.5. The SMILES string of the molecule is COC(=O)c1[nH]nc2c(-c3ccccc3)cc(-c3ccccc3)c-2c1C(=O)OC. The lowest BCUT2D eigenvalue weighted by Gasteiger charge is -2.14. The Hall–Kier alpha value is -3.93. The average molecular weight is 386 g/mol.